The molecule has 0 aliphatic carbocycles. The molecule has 5 aromatic rings. The molecule has 0 aliphatic rings. The molecule has 0 spiro atoms. The number of para-hydroxylation sites is 1. The van der Waals surface area contributed by atoms with Crippen molar-refractivity contribution in [1.29, 1.82) is 0 Å². The molecule has 3 N–H and O–H groups in total. The van der Waals surface area contributed by atoms with Crippen LogP contribution in [0, 0.1) is 13.8 Å². The first-order chi connectivity index (χ1) is 17.5. The van der Waals surface area contributed by atoms with E-state index >= 15 is 0 Å². The van der Waals surface area contributed by atoms with E-state index in [4.69, 9.17) is 0 Å². The van der Waals surface area contributed by atoms with Crippen LogP contribution >= 0.6 is 0 Å². The fourth-order valence-corrected chi connectivity index (χ4v) is 3.97. The van der Waals surface area contributed by atoms with Gasteiger partial charge < -0.3 is 10.6 Å². The third-order valence-electron chi connectivity index (χ3n) is 5.77. The zero-order valence-corrected chi connectivity index (χ0v) is 20.1. The summed E-state index contributed by atoms with van der Waals surface area (Å²) in [4.78, 5) is 21.7. The molecule has 5 rings (SSSR count). The minimum atomic E-state index is -0.166. The molecule has 36 heavy (non-hydrogen) atoms. The number of carbonyl (C=O) groups excluding carboxylic acids is 1. The molecule has 7 nitrogen and oxygen atoms in total. The molecule has 7 heteroatoms. The minimum Gasteiger partial charge on any atom is -0.355 e. The number of nitrogens with one attached hydrogen (secondary N) is 3. The van der Waals surface area contributed by atoms with Gasteiger partial charge in [-0.15, -0.1) is 0 Å². The van der Waals surface area contributed by atoms with Crippen LogP contribution in [0.2, 0.25) is 0 Å². The minimum absolute atomic E-state index is 0.166. The number of aryl methyl sites for hydroxylation is 2. The Kier molecular flexibility index (Phi) is 6.53. The number of rotatable bonds is 7. The van der Waals surface area contributed by atoms with Crippen molar-refractivity contribution >= 4 is 40.3 Å². The number of nitrogens with zero attached hydrogens (tertiary/aromatic N) is 3. The van der Waals surface area contributed by atoms with Crippen LogP contribution in [0.25, 0.3) is 23.1 Å². The maximum atomic E-state index is 12.9. The maximum absolute atomic E-state index is 12.9. The Balaban J connectivity index is 1.32. The molecule has 0 saturated carbocycles. The first kappa shape index (κ1) is 23.0. The van der Waals surface area contributed by atoms with E-state index in [9.17, 15) is 4.79 Å². The highest BCUT2D eigenvalue weighted by atomic mass is 16.1. The predicted molar refractivity (Wildman–Crippen MR) is 144 cm³/mol. The number of hydrogen-bond donors (Lipinski definition) is 3. The maximum Gasteiger partial charge on any atom is 0.253 e. The lowest BCUT2D eigenvalue weighted by Gasteiger charge is -2.12. The molecule has 0 fully saturated rings. The second-order valence-corrected chi connectivity index (χ2v) is 8.58. The molecule has 0 radical (unpaired) electrons. The van der Waals surface area contributed by atoms with Crippen molar-refractivity contribution < 1.29 is 4.79 Å². The van der Waals surface area contributed by atoms with Crippen LogP contribution in [0.3, 0.4) is 0 Å². The normalized spacial score (nSPS) is 11.2. The number of carbonyl (C=O) groups is 1. The third kappa shape index (κ3) is 5.31. The molecule has 0 bridgehead atoms. The number of aromatic nitrogens is 4. The number of H-pyrrole nitrogens is 1. The van der Waals surface area contributed by atoms with Crippen molar-refractivity contribution in [3.05, 3.63) is 113 Å². The fraction of sp³-hybridized carbons (Fsp3) is 0.103. The van der Waals surface area contributed by atoms with Gasteiger partial charge in [0.1, 0.15) is 0 Å². The van der Waals surface area contributed by atoms with Gasteiger partial charge in [-0.1, -0.05) is 18.2 Å². The lowest BCUT2D eigenvalue weighted by atomic mass is 10.1. The van der Waals surface area contributed by atoms with Gasteiger partial charge in [0.05, 0.1) is 40.4 Å². The highest BCUT2D eigenvalue weighted by Gasteiger charge is 2.12. The summed E-state index contributed by atoms with van der Waals surface area (Å²) in [7, 11) is 0. The molecule has 0 atom stereocenters. The van der Waals surface area contributed by atoms with E-state index in [0.29, 0.717) is 12.1 Å². The molecule has 0 saturated heterocycles. The molecule has 178 valence electrons. The predicted octanol–water partition coefficient (Wildman–Crippen LogP) is 5.81. The molecule has 3 aromatic heterocycles. The fourth-order valence-electron chi connectivity index (χ4n) is 3.97. The van der Waals surface area contributed by atoms with Crippen LogP contribution in [-0.4, -0.2) is 26.1 Å². The van der Waals surface area contributed by atoms with Gasteiger partial charge in [-0.3, -0.25) is 19.9 Å². The number of hydrogen-bond acceptors (Lipinski definition) is 5. The summed E-state index contributed by atoms with van der Waals surface area (Å²) in [5.41, 5.74) is 7.65. The largest absolute Gasteiger partial charge is 0.355 e. The Labute approximate surface area is 209 Å². The number of fused-ring (bicyclic) bond motifs is 1. The summed E-state index contributed by atoms with van der Waals surface area (Å²) in [6.45, 7) is 4.34. The Morgan fingerprint density at radius 3 is 2.72 bits per heavy atom. The van der Waals surface area contributed by atoms with E-state index < -0.39 is 0 Å². The van der Waals surface area contributed by atoms with Crippen molar-refractivity contribution in [2.75, 3.05) is 5.32 Å². The van der Waals surface area contributed by atoms with Crippen LogP contribution in [0.5, 0.6) is 0 Å². The van der Waals surface area contributed by atoms with Gasteiger partial charge in [-0.25, -0.2) is 0 Å². The van der Waals surface area contributed by atoms with E-state index in [1.807, 2.05) is 92.7 Å². The van der Waals surface area contributed by atoms with Crippen molar-refractivity contribution in [2.24, 2.45) is 0 Å². The Morgan fingerprint density at radius 1 is 0.972 bits per heavy atom. The molecule has 2 aromatic carbocycles. The van der Waals surface area contributed by atoms with Gasteiger partial charge in [0.25, 0.3) is 5.91 Å². The number of aromatic amines is 1. The van der Waals surface area contributed by atoms with Gasteiger partial charge in [-0.2, -0.15) is 5.10 Å². The summed E-state index contributed by atoms with van der Waals surface area (Å²) in [6, 6.07) is 23.2. The van der Waals surface area contributed by atoms with E-state index in [1.165, 1.54) is 0 Å². The van der Waals surface area contributed by atoms with E-state index in [1.54, 1.807) is 12.3 Å². The van der Waals surface area contributed by atoms with E-state index in [0.717, 1.165) is 50.6 Å². The number of amides is 1. The number of pyridine rings is 2. The standard InChI is InChI=1S/C29H26N6O/c1-19-14-15-30-21(16-19)11-13-27-24-12-10-22(17-28(24)35-34-27)33-26-9-4-3-8-25(26)29(36)31-18-23-7-5-6-20(2)32-23/h3-17,33H,18H2,1-2H3,(H,31,36)(H,34,35)/b13-11+. The van der Waals surface area contributed by atoms with Crippen molar-refractivity contribution in [2.45, 2.75) is 20.4 Å². The van der Waals surface area contributed by atoms with Crippen LogP contribution in [0.15, 0.2) is 79.0 Å². The number of benzene rings is 2. The average Bonchev–Trinajstić information content (AvgIpc) is 3.29. The Morgan fingerprint density at radius 2 is 1.86 bits per heavy atom. The molecular weight excluding hydrogens is 448 g/mol. The zero-order valence-electron chi connectivity index (χ0n) is 20.1. The smallest absolute Gasteiger partial charge is 0.253 e. The van der Waals surface area contributed by atoms with E-state index in [-0.39, 0.29) is 5.91 Å². The summed E-state index contributed by atoms with van der Waals surface area (Å²) in [5, 5.41) is 14.9. The van der Waals surface area contributed by atoms with Crippen molar-refractivity contribution in [3.63, 3.8) is 0 Å². The topological polar surface area (TPSA) is 95.6 Å². The zero-order chi connectivity index (χ0) is 24.9. The third-order valence-corrected chi connectivity index (χ3v) is 5.77. The van der Waals surface area contributed by atoms with Crippen LogP contribution in [-0.2, 0) is 6.54 Å². The molecule has 1 amide bonds. The molecule has 0 unspecified atom stereocenters. The van der Waals surface area contributed by atoms with Gasteiger partial charge in [0, 0.05) is 23.0 Å². The van der Waals surface area contributed by atoms with Crippen LogP contribution < -0.4 is 10.6 Å². The van der Waals surface area contributed by atoms with Gasteiger partial charge >= 0.3 is 0 Å². The summed E-state index contributed by atoms with van der Waals surface area (Å²) < 4.78 is 0. The van der Waals surface area contributed by atoms with Gasteiger partial charge in [0.15, 0.2) is 0 Å². The second kappa shape index (κ2) is 10.2. The second-order valence-electron chi connectivity index (χ2n) is 8.58. The Hall–Kier alpha value is -4.78. The molecule has 3 heterocycles. The average molecular weight is 475 g/mol. The van der Waals surface area contributed by atoms with Crippen molar-refractivity contribution in [3.8, 4) is 0 Å². The van der Waals surface area contributed by atoms with E-state index in [2.05, 4.69) is 30.8 Å². The van der Waals surface area contributed by atoms with Crippen molar-refractivity contribution in [1.82, 2.24) is 25.5 Å². The van der Waals surface area contributed by atoms with Gasteiger partial charge in [-0.05, 0) is 86.2 Å². The quantitative estimate of drug-likeness (QED) is 0.276. The monoisotopic (exact) mass is 474 g/mol. The number of anilines is 2. The summed E-state index contributed by atoms with van der Waals surface area (Å²) in [5.74, 6) is -0.166. The summed E-state index contributed by atoms with van der Waals surface area (Å²) >= 11 is 0. The molecule has 0 aliphatic heterocycles. The SMILES string of the molecule is Cc1ccnc(/C=C/c2n[nH]c3cc(Nc4ccccc4C(=O)NCc4cccc(C)n4)ccc23)c1. The lowest BCUT2D eigenvalue weighted by molar-refractivity contribution is 0.0951. The summed E-state index contributed by atoms with van der Waals surface area (Å²) in [6.07, 6.45) is 5.71. The lowest BCUT2D eigenvalue weighted by Crippen LogP contribution is -2.24. The highest BCUT2D eigenvalue weighted by molar-refractivity contribution is 6.00. The first-order valence-corrected chi connectivity index (χ1v) is 11.7. The van der Waals surface area contributed by atoms with Gasteiger partial charge in [0.2, 0.25) is 0 Å². The Bertz CT molecular complexity index is 1570. The highest BCUT2D eigenvalue weighted by Crippen LogP contribution is 2.26. The van der Waals surface area contributed by atoms with Crippen LogP contribution in [0.1, 0.15) is 38.7 Å². The molecular formula is C29H26N6O. The van der Waals surface area contributed by atoms with Crippen LogP contribution in [0.4, 0.5) is 11.4 Å². The first-order valence-electron chi connectivity index (χ1n) is 11.7.